The van der Waals surface area contributed by atoms with Crippen LogP contribution in [0.25, 0.3) is 0 Å². The largest absolute Gasteiger partial charge is 0.508 e. The van der Waals surface area contributed by atoms with Crippen molar-refractivity contribution in [3.05, 3.63) is 124 Å². The van der Waals surface area contributed by atoms with Crippen molar-refractivity contribution in [3.8, 4) is 11.5 Å². The topological polar surface area (TPSA) is 146 Å². The van der Waals surface area contributed by atoms with Gasteiger partial charge in [0.2, 0.25) is 0 Å². The molecule has 4 rings (SSSR count). The Bertz CT molecular complexity index is 1590. The number of halogens is 1. The fourth-order valence-corrected chi connectivity index (χ4v) is 4.42. The molecule has 4 aromatic rings. The highest BCUT2D eigenvalue weighted by Crippen LogP contribution is 2.19. The van der Waals surface area contributed by atoms with Crippen LogP contribution in [0.15, 0.2) is 102 Å². The smallest absolute Gasteiger partial charge is 0.270 e. The maximum Gasteiger partial charge on any atom is 0.270 e. The molecule has 4 aromatic carbocycles. The van der Waals surface area contributed by atoms with Gasteiger partial charge in [-0.2, -0.15) is 0 Å². The molecule has 0 aliphatic rings. The predicted molar refractivity (Wildman–Crippen MR) is 160 cm³/mol. The van der Waals surface area contributed by atoms with E-state index < -0.39 is 29.7 Å². The molecule has 0 heterocycles. The van der Waals surface area contributed by atoms with E-state index in [1.165, 1.54) is 25.3 Å². The van der Waals surface area contributed by atoms with Gasteiger partial charge in [-0.25, -0.2) is 0 Å². The summed E-state index contributed by atoms with van der Waals surface area (Å²) in [6.45, 7) is 0. The van der Waals surface area contributed by atoms with E-state index in [1.807, 2.05) is 0 Å². The Kier molecular flexibility index (Phi) is 9.90. The number of carbonyl (C=O) groups excluding carboxylic acids is 4. The molecule has 0 fully saturated rings. The number of phenols is 1. The van der Waals surface area contributed by atoms with E-state index in [0.29, 0.717) is 26.9 Å². The zero-order valence-corrected chi connectivity index (χ0v) is 24.0. The Labute approximate surface area is 250 Å². The van der Waals surface area contributed by atoms with E-state index in [4.69, 9.17) is 4.74 Å². The summed E-state index contributed by atoms with van der Waals surface area (Å²) in [7, 11) is 1.52. The number of hydrogen-bond donors (Lipinski definition) is 5. The van der Waals surface area contributed by atoms with Gasteiger partial charge < -0.3 is 20.5 Å². The van der Waals surface area contributed by atoms with Gasteiger partial charge in [0.05, 0.1) is 23.9 Å². The molecule has 0 radical (unpaired) electrons. The Morgan fingerprint density at radius 2 is 1.40 bits per heavy atom. The lowest BCUT2D eigenvalue weighted by atomic mass is 10.0. The molecule has 1 atom stereocenters. The average molecular weight is 631 g/mol. The molecule has 5 N–H and O–H groups in total. The first-order valence-corrected chi connectivity index (χ1v) is 13.5. The molecule has 0 spiro atoms. The zero-order valence-electron chi connectivity index (χ0n) is 22.4. The van der Waals surface area contributed by atoms with Crippen LogP contribution in [0.3, 0.4) is 0 Å². The van der Waals surface area contributed by atoms with Crippen molar-refractivity contribution in [2.75, 3.05) is 12.4 Å². The van der Waals surface area contributed by atoms with E-state index >= 15 is 0 Å². The molecule has 0 bridgehead atoms. The van der Waals surface area contributed by atoms with Crippen molar-refractivity contribution in [2.24, 2.45) is 0 Å². The van der Waals surface area contributed by atoms with Crippen LogP contribution in [0.5, 0.6) is 11.5 Å². The van der Waals surface area contributed by atoms with Crippen molar-refractivity contribution in [2.45, 2.75) is 12.5 Å². The summed E-state index contributed by atoms with van der Waals surface area (Å²) in [6, 6.07) is 24.6. The minimum Gasteiger partial charge on any atom is -0.508 e. The van der Waals surface area contributed by atoms with Crippen molar-refractivity contribution in [3.63, 3.8) is 0 Å². The van der Waals surface area contributed by atoms with Gasteiger partial charge in [-0.3, -0.25) is 30.0 Å². The third-order valence-electron chi connectivity index (χ3n) is 6.19. The van der Waals surface area contributed by atoms with Crippen LogP contribution in [0.4, 0.5) is 5.69 Å². The molecule has 11 heteroatoms. The molecule has 214 valence electrons. The molecule has 0 aliphatic heterocycles. The molecule has 42 heavy (non-hydrogen) atoms. The number of para-hydroxylation sites is 1. The third kappa shape index (κ3) is 7.73. The standard InChI is InChI=1S/C31H27BrN4O6/c1-42-22-16-12-20(13-17-22)28(38)33-26-9-5-3-7-24(26)29(39)34-27(18-19-10-14-21(37)15-11-19)31(41)36-35-30(40)23-6-2-4-8-25(23)32/h2-17,27,37H,18H2,1H3,(H,33,38)(H,34,39)(H,35,40)(H,36,41)/t27-/m1/s1. The number of hydrazine groups is 1. The number of hydrogen-bond acceptors (Lipinski definition) is 6. The van der Waals surface area contributed by atoms with Crippen molar-refractivity contribution < 1.29 is 29.0 Å². The lowest BCUT2D eigenvalue weighted by Crippen LogP contribution is -2.53. The van der Waals surface area contributed by atoms with Gasteiger partial charge in [0, 0.05) is 16.5 Å². The lowest BCUT2D eigenvalue weighted by Gasteiger charge is -2.20. The molecule has 0 saturated heterocycles. The summed E-state index contributed by atoms with van der Waals surface area (Å²) in [5.74, 6) is -1.67. The molecule has 0 unspecified atom stereocenters. The molecular formula is C31H27BrN4O6. The van der Waals surface area contributed by atoms with E-state index in [-0.39, 0.29) is 23.4 Å². The van der Waals surface area contributed by atoms with E-state index in [1.54, 1.807) is 78.9 Å². The number of amides is 4. The minimum atomic E-state index is -1.13. The Morgan fingerprint density at radius 1 is 0.762 bits per heavy atom. The number of benzene rings is 4. The quantitative estimate of drug-likeness (QED) is 0.175. The number of anilines is 1. The molecular weight excluding hydrogens is 604 g/mol. The van der Waals surface area contributed by atoms with Crippen LogP contribution in [-0.4, -0.2) is 41.9 Å². The lowest BCUT2D eigenvalue weighted by molar-refractivity contribution is -0.123. The average Bonchev–Trinajstić information content (AvgIpc) is 3.00. The van der Waals surface area contributed by atoms with Crippen molar-refractivity contribution in [1.29, 1.82) is 0 Å². The third-order valence-corrected chi connectivity index (χ3v) is 6.88. The Balaban J connectivity index is 1.51. The molecule has 10 nitrogen and oxygen atoms in total. The van der Waals surface area contributed by atoms with Gasteiger partial charge in [0.15, 0.2) is 0 Å². The summed E-state index contributed by atoms with van der Waals surface area (Å²) in [6.07, 6.45) is 0.0448. The van der Waals surface area contributed by atoms with Gasteiger partial charge >= 0.3 is 0 Å². The first kappa shape index (κ1) is 29.8. The summed E-state index contributed by atoms with van der Waals surface area (Å²) >= 11 is 3.30. The number of carbonyl (C=O) groups is 4. The highest BCUT2D eigenvalue weighted by Gasteiger charge is 2.24. The Morgan fingerprint density at radius 3 is 2.07 bits per heavy atom. The molecule has 0 aromatic heterocycles. The number of nitrogens with one attached hydrogen (secondary N) is 4. The maximum absolute atomic E-state index is 13.4. The fraction of sp³-hybridized carbons (Fsp3) is 0.0968. The van der Waals surface area contributed by atoms with Crippen LogP contribution in [-0.2, 0) is 11.2 Å². The fourth-order valence-electron chi connectivity index (χ4n) is 3.96. The highest BCUT2D eigenvalue weighted by atomic mass is 79.9. The second-order valence-corrected chi connectivity index (χ2v) is 9.90. The first-order chi connectivity index (χ1) is 20.2. The predicted octanol–water partition coefficient (Wildman–Crippen LogP) is 4.22. The van der Waals surface area contributed by atoms with Crippen molar-refractivity contribution in [1.82, 2.24) is 16.2 Å². The van der Waals surface area contributed by atoms with Crippen molar-refractivity contribution >= 4 is 45.2 Å². The van der Waals surface area contributed by atoms with Crippen LogP contribution in [0.2, 0.25) is 0 Å². The first-order valence-electron chi connectivity index (χ1n) is 12.7. The number of methoxy groups -OCH3 is 1. The maximum atomic E-state index is 13.4. The molecule has 0 saturated carbocycles. The van der Waals surface area contributed by atoms with Gasteiger partial charge in [-0.15, -0.1) is 0 Å². The van der Waals surface area contributed by atoms with E-state index in [0.717, 1.165) is 0 Å². The number of aromatic hydroxyl groups is 1. The number of ether oxygens (including phenoxy) is 1. The van der Waals surface area contributed by atoms with Crippen LogP contribution < -0.4 is 26.2 Å². The van der Waals surface area contributed by atoms with E-state index in [2.05, 4.69) is 37.4 Å². The highest BCUT2D eigenvalue weighted by molar-refractivity contribution is 9.10. The summed E-state index contributed by atoms with van der Waals surface area (Å²) in [5.41, 5.74) is 6.41. The second-order valence-electron chi connectivity index (χ2n) is 9.05. The number of phenolic OH excluding ortho intramolecular Hbond substituents is 1. The summed E-state index contributed by atoms with van der Waals surface area (Å²) in [5, 5.41) is 15.1. The monoisotopic (exact) mass is 630 g/mol. The van der Waals surface area contributed by atoms with Gasteiger partial charge in [-0.1, -0.05) is 36.4 Å². The SMILES string of the molecule is COc1ccc(C(=O)Nc2ccccc2C(=O)N[C@H](Cc2ccc(O)cc2)C(=O)NNC(=O)c2ccccc2Br)cc1. The van der Waals surface area contributed by atoms with Gasteiger partial charge in [-0.05, 0) is 82.2 Å². The Hall–Kier alpha value is -5.16. The van der Waals surface area contributed by atoms with Gasteiger partial charge in [0.25, 0.3) is 23.6 Å². The van der Waals surface area contributed by atoms with Crippen LogP contribution in [0.1, 0.15) is 36.6 Å². The normalized spacial score (nSPS) is 11.1. The molecule has 4 amide bonds. The summed E-state index contributed by atoms with van der Waals surface area (Å²) < 4.78 is 5.67. The zero-order chi connectivity index (χ0) is 30.1. The number of rotatable bonds is 9. The summed E-state index contributed by atoms with van der Waals surface area (Å²) in [4.78, 5) is 52.1. The van der Waals surface area contributed by atoms with E-state index in [9.17, 15) is 24.3 Å². The van der Waals surface area contributed by atoms with Crippen LogP contribution >= 0.6 is 15.9 Å². The van der Waals surface area contributed by atoms with Crippen LogP contribution in [0, 0.1) is 0 Å². The van der Waals surface area contributed by atoms with Gasteiger partial charge in [0.1, 0.15) is 17.5 Å². The second kappa shape index (κ2) is 14.0. The molecule has 0 aliphatic carbocycles. The minimum absolute atomic E-state index is 0.0448.